The third kappa shape index (κ3) is 4.43. The van der Waals surface area contributed by atoms with Crippen LogP contribution in [0.25, 0.3) is 0 Å². The third-order valence-electron chi connectivity index (χ3n) is 6.24. The number of piperidine rings is 2. The van der Waals surface area contributed by atoms with Crippen LogP contribution in [0, 0.1) is 5.92 Å². The van der Waals surface area contributed by atoms with Crippen LogP contribution in [-0.2, 0) is 19.1 Å². The van der Waals surface area contributed by atoms with Gasteiger partial charge in [-0.15, -0.1) is 0 Å². The molecule has 2 N–H and O–H groups in total. The highest BCUT2D eigenvalue weighted by atomic mass is 16.5. The van der Waals surface area contributed by atoms with E-state index in [2.05, 4.69) is 10.6 Å². The van der Waals surface area contributed by atoms with Gasteiger partial charge in [0, 0.05) is 31.6 Å². The number of benzene rings is 1. The second kappa shape index (κ2) is 9.00. The van der Waals surface area contributed by atoms with Crippen molar-refractivity contribution in [3.8, 4) is 0 Å². The summed E-state index contributed by atoms with van der Waals surface area (Å²) in [6.07, 6.45) is 1.38. The summed E-state index contributed by atoms with van der Waals surface area (Å²) in [6.45, 7) is 1.05. The number of amides is 6. The number of anilines is 1. The van der Waals surface area contributed by atoms with E-state index in [9.17, 15) is 28.8 Å². The summed E-state index contributed by atoms with van der Waals surface area (Å²) in [5.74, 6) is -2.45. The lowest BCUT2D eigenvalue weighted by Gasteiger charge is -2.30. The molecule has 33 heavy (non-hydrogen) atoms. The molecule has 11 heteroatoms. The number of likely N-dealkylation sites (tertiary alicyclic amines) is 1. The third-order valence-corrected chi connectivity index (χ3v) is 6.24. The smallest absolute Gasteiger partial charge is 0.409 e. The zero-order chi connectivity index (χ0) is 23.7. The van der Waals surface area contributed by atoms with E-state index in [0.29, 0.717) is 31.6 Å². The Morgan fingerprint density at radius 2 is 1.76 bits per heavy atom. The van der Waals surface area contributed by atoms with E-state index in [1.54, 1.807) is 4.90 Å². The molecule has 2 fully saturated rings. The van der Waals surface area contributed by atoms with Gasteiger partial charge in [-0.3, -0.25) is 34.2 Å². The lowest BCUT2D eigenvalue weighted by molar-refractivity contribution is -0.136. The van der Waals surface area contributed by atoms with Crippen molar-refractivity contribution in [2.24, 2.45) is 5.92 Å². The average Bonchev–Trinajstić information content (AvgIpc) is 3.03. The number of imide groups is 2. The fraction of sp³-hybridized carbons (Fsp3) is 0.455. The molecule has 6 amide bonds. The van der Waals surface area contributed by atoms with Crippen LogP contribution in [-0.4, -0.2) is 71.7 Å². The molecule has 0 saturated carbocycles. The summed E-state index contributed by atoms with van der Waals surface area (Å²) in [6, 6.07) is 3.38. The van der Waals surface area contributed by atoms with Crippen LogP contribution in [0.4, 0.5) is 10.5 Å². The predicted octanol–water partition coefficient (Wildman–Crippen LogP) is 0.895. The van der Waals surface area contributed by atoms with Crippen LogP contribution in [0.15, 0.2) is 18.2 Å². The molecular weight excluding hydrogens is 432 g/mol. The maximum absolute atomic E-state index is 12.9. The quantitative estimate of drug-likeness (QED) is 0.641. The normalized spacial score (nSPS) is 21.1. The lowest BCUT2D eigenvalue weighted by atomic mass is 9.93. The highest BCUT2D eigenvalue weighted by Gasteiger charge is 2.44. The van der Waals surface area contributed by atoms with Crippen LogP contribution in [0.2, 0.25) is 0 Å². The Balaban J connectivity index is 1.38. The summed E-state index contributed by atoms with van der Waals surface area (Å²) >= 11 is 0. The molecule has 1 aromatic carbocycles. The second-order valence-electron chi connectivity index (χ2n) is 8.36. The molecule has 0 radical (unpaired) electrons. The average molecular weight is 456 g/mol. The van der Waals surface area contributed by atoms with E-state index in [0.717, 1.165) is 4.90 Å². The molecule has 1 unspecified atom stereocenters. The van der Waals surface area contributed by atoms with Crippen LogP contribution in [0.1, 0.15) is 52.8 Å². The maximum Gasteiger partial charge on any atom is 0.409 e. The first-order chi connectivity index (χ1) is 15.8. The number of rotatable bonds is 4. The van der Waals surface area contributed by atoms with Gasteiger partial charge in [-0.2, -0.15) is 0 Å². The van der Waals surface area contributed by atoms with Gasteiger partial charge in [-0.25, -0.2) is 4.79 Å². The molecular formula is C22H24N4O7. The summed E-state index contributed by atoms with van der Waals surface area (Å²) in [5, 5.41) is 4.91. The number of ether oxygens (including phenoxy) is 1. The van der Waals surface area contributed by atoms with Gasteiger partial charge in [-0.05, 0) is 43.4 Å². The Labute approximate surface area is 189 Å². The van der Waals surface area contributed by atoms with Crippen molar-refractivity contribution in [2.45, 2.75) is 38.1 Å². The van der Waals surface area contributed by atoms with Crippen molar-refractivity contribution in [3.05, 3.63) is 29.3 Å². The van der Waals surface area contributed by atoms with E-state index in [1.165, 1.54) is 25.3 Å². The fourth-order valence-electron chi connectivity index (χ4n) is 4.47. The largest absolute Gasteiger partial charge is 0.453 e. The molecule has 4 rings (SSSR count). The number of hydrogen-bond donors (Lipinski definition) is 2. The fourth-order valence-corrected chi connectivity index (χ4v) is 4.47. The molecule has 1 atom stereocenters. The highest BCUT2D eigenvalue weighted by molar-refractivity contribution is 6.23. The van der Waals surface area contributed by atoms with Gasteiger partial charge in [0.15, 0.2) is 0 Å². The lowest BCUT2D eigenvalue weighted by Crippen LogP contribution is -2.54. The summed E-state index contributed by atoms with van der Waals surface area (Å²) in [5.41, 5.74) is 0.629. The molecule has 1 aromatic rings. The minimum absolute atomic E-state index is 0.0453. The van der Waals surface area contributed by atoms with E-state index in [1.807, 2.05) is 0 Å². The Morgan fingerprint density at radius 3 is 2.42 bits per heavy atom. The van der Waals surface area contributed by atoms with Crippen molar-refractivity contribution in [1.29, 1.82) is 0 Å². The van der Waals surface area contributed by atoms with Crippen molar-refractivity contribution in [3.63, 3.8) is 0 Å². The molecule has 11 nitrogen and oxygen atoms in total. The first kappa shape index (κ1) is 22.4. The molecule has 0 bridgehead atoms. The zero-order valence-corrected chi connectivity index (χ0v) is 18.1. The van der Waals surface area contributed by atoms with E-state index >= 15 is 0 Å². The minimum Gasteiger partial charge on any atom is -0.453 e. The highest BCUT2D eigenvalue weighted by Crippen LogP contribution is 2.30. The molecule has 3 aliphatic heterocycles. The number of nitrogens with zero attached hydrogens (tertiary/aromatic N) is 2. The molecule has 2 saturated heterocycles. The Bertz CT molecular complexity index is 1050. The van der Waals surface area contributed by atoms with Crippen LogP contribution >= 0.6 is 0 Å². The first-order valence-electron chi connectivity index (χ1n) is 10.8. The monoisotopic (exact) mass is 456 g/mol. The van der Waals surface area contributed by atoms with Gasteiger partial charge in [0.1, 0.15) is 6.04 Å². The summed E-state index contributed by atoms with van der Waals surface area (Å²) in [4.78, 5) is 75.7. The number of methoxy groups -OCH3 is 1. The van der Waals surface area contributed by atoms with Crippen LogP contribution in [0.5, 0.6) is 0 Å². The number of carbonyl (C=O) groups excluding carboxylic acids is 6. The van der Waals surface area contributed by atoms with Gasteiger partial charge >= 0.3 is 6.09 Å². The van der Waals surface area contributed by atoms with E-state index < -0.39 is 29.7 Å². The molecule has 0 aromatic heterocycles. The Morgan fingerprint density at radius 1 is 1.06 bits per heavy atom. The van der Waals surface area contributed by atoms with Gasteiger partial charge in [-0.1, -0.05) is 0 Å². The maximum atomic E-state index is 12.9. The van der Waals surface area contributed by atoms with E-state index in [4.69, 9.17) is 4.74 Å². The molecule has 3 heterocycles. The number of carbonyl (C=O) groups is 6. The van der Waals surface area contributed by atoms with Gasteiger partial charge in [0.2, 0.25) is 17.7 Å². The molecule has 3 aliphatic rings. The number of fused-ring (bicyclic) bond motifs is 1. The molecule has 0 spiro atoms. The Kier molecular flexibility index (Phi) is 6.12. The minimum atomic E-state index is -1.04. The Hall–Kier alpha value is -3.76. The van der Waals surface area contributed by atoms with Crippen molar-refractivity contribution in [1.82, 2.24) is 15.1 Å². The predicted molar refractivity (Wildman–Crippen MR) is 113 cm³/mol. The number of hydrogen-bond acceptors (Lipinski definition) is 7. The summed E-state index contributed by atoms with van der Waals surface area (Å²) in [7, 11) is 1.33. The number of nitrogens with one attached hydrogen (secondary N) is 2. The first-order valence-corrected chi connectivity index (χ1v) is 10.8. The van der Waals surface area contributed by atoms with Crippen molar-refractivity contribution in [2.75, 3.05) is 25.5 Å². The van der Waals surface area contributed by atoms with Crippen LogP contribution in [0.3, 0.4) is 0 Å². The van der Waals surface area contributed by atoms with Gasteiger partial charge < -0.3 is 15.0 Å². The summed E-state index contributed by atoms with van der Waals surface area (Å²) < 4.78 is 4.71. The SMILES string of the molecule is COC(=O)N1CCC(CC(=O)Nc2ccc3c(c2)C(=O)N(C2CCC(=O)NC2=O)C3=O)CC1. The molecule has 0 aliphatic carbocycles. The zero-order valence-electron chi connectivity index (χ0n) is 18.1. The topological polar surface area (TPSA) is 142 Å². The molecule has 174 valence electrons. The standard InChI is InChI=1S/C22H24N4O7/c1-33-22(32)25-8-6-12(7-9-25)10-18(28)23-13-2-3-14-15(11-13)21(31)26(20(14)30)16-4-5-17(27)24-19(16)29/h2-3,11-12,16H,4-10H2,1H3,(H,23,28)(H,24,27,29). The second-order valence-corrected chi connectivity index (χ2v) is 8.36. The van der Waals surface area contributed by atoms with Gasteiger partial charge in [0.05, 0.1) is 18.2 Å². The van der Waals surface area contributed by atoms with Crippen molar-refractivity contribution >= 4 is 41.3 Å². The van der Waals surface area contributed by atoms with Crippen LogP contribution < -0.4 is 10.6 Å². The van der Waals surface area contributed by atoms with Gasteiger partial charge in [0.25, 0.3) is 11.8 Å². The van der Waals surface area contributed by atoms with E-state index in [-0.39, 0.29) is 48.3 Å². The van der Waals surface area contributed by atoms with Crippen molar-refractivity contribution < 1.29 is 33.5 Å².